The summed E-state index contributed by atoms with van der Waals surface area (Å²) in [5.74, 6) is -1.23. The van der Waals surface area contributed by atoms with E-state index in [9.17, 15) is 19.5 Å². The van der Waals surface area contributed by atoms with Crippen LogP contribution in [0.25, 0.3) is 0 Å². The predicted octanol–water partition coefficient (Wildman–Crippen LogP) is 2.38. The van der Waals surface area contributed by atoms with Crippen LogP contribution in [-0.4, -0.2) is 59.1 Å². The van der Waals surface area contributed by atoms with E-state index in [0.717, 1.165) is 31.2 Å². The molecule has 0 spiro atoms. The Labute approximate surface area is 177 Å². The minimum absolute atomic E-state index is 0.00855. The van der Waals surface area contributed by atoms with Crippen molar-refractivity contribution in [1.29, 1.82) is 0 Å². The quantitative estimate of drug-likeness (QED) is 0.600. The van der Waals surface area contributed by atoms with Crippen LogP contribution in [-0.2, 0) is 25.5 Å². The Balaban J connectivity index is 1.73. The van der Waals surface area contributed by atoms with E-state index in [0.29, 0.717) is 25.2 Å². The van der Waals surface area contributed by atoms with E-state index in [1.807, 2.05) is 30.3 Å². The van der Waals surface area contributed by atoms with E-state index in [1.165, 1.54) is 4.90 Å². The molecule has 1 aromatic carbocycles. The molecule has 7 heteroatoms. The van der Waals surface area contributed by atoms with Crippen molar-refractivity contribution < 1.29 is 24.2 Å². The second-order valence-electron chi connectivity index (χ2n) is 8.24. The van der Waals surface area contributed by atoms with Gasteiger partial charge in [0.1, 0.15) is 12.6 Å². The highest BCUT2D eigenvalue weighted by Gasteiger charge is 2.42. The van der Waals surface area contributed by atoms with Crippen molar-refractivity contribution in [2.75, 3.05) is 13.2 Å². The molecular formula is C23H32N2O5. The van der Waals surface area contributed by atoms with Crippen molar-refractivity contribution in [1.82, 2.24) is 10.2 Å². The van der Waals surface area contributed by atoms with Gasteiger partial charge in [-0.15, -0.1) is 0 Å². The highest BCUT2D eigenvalue weighted by Crippen LogP contribution is 2.36. The lowest BCUT2D eigenvalue weighted by Crippen LogP contribution is -2.54. The molecule has 1 saturated heterocycles. The summed E-state index contributed by atoms with van der Waals surface area (Å²) < 4.78 is 5.25. The molecule has 1 aliphatic carbocycles. The first-order chi connectivity index (χ1) is 14.5. The van der Waals surface area contributed by atoms with Crippen LogP contribution in [0.1, 0.15) is 51.0 Å². The van der Waals surface area contributed by atoms with Crippen LogP contribution in [0.3, 0.4) is 0 Å². The lowest BCUT2D eigenvalue weighted by molar-refractivity contribution is -0.149. The zero-order valence-corrected chi connectivity index (χ0v) is 17.6. The Morgan fingerprint density at radius 3 is 2.67 bits per heavy atom. The smallest absolute Gasteiger partial charge is 0.323 e. The number of nitrogens with one attached hydrogen (secondary N) is 1. The Bertz CT molecular complexity index is 738. The standard InChI is InChI=1S/C23H32N2O5/c1-2-30-23(29)19(13-11-16-7-4-3-5-8-16)24-18-14-12-17-9-6-10-20(17)25(22(18)28)15-21(26)27/h3-5,7-8,17-20,24H,2,6,9-15H2,1H3,(H,26,27)/t17-,18-,19-,20+/m0/s1. The number of carbonyl (C=O) groups excluding carboxylic acids is 2. The number of aliphatic carboxylic acids is 1. The van der Waals surface area contributed by atoms with Crippen molar-refractivity contribution >= 4 is 17.8 Å². The number of hydrogen-bond acceptors (Lipinski definition) is 5. The van der Waals surface area contributed by atoms with Crippen LogP contribution in [0, 0.1) is 5.92 Å². The molecular weight excluding hydrogens is 384 g/mol. The fraction of sp³-hybridized carbons (Fsp3) is 0.609. The Morgan fingerprint density at radius 1 is 1.20 bits per heavy atom. The minimum atomic E-state index is -0.999. The molecule has 2 N–H and O–H groups in total. The van der Waals surface area contributed by atoms with Crippen LogP contribution in [0.5, 0.6) is 0 Å². The predicted molar refractivity (Wildman–Crippen MR) is 112 cm³/mol. The van der Waals surface area contributed by atoms with E-state index in [4.69, 9.17) is 4.74 Å². The highest BCUT2D eigenvalue weighted by molar-refractivity contribution is 5.87. The molecule has 0 aromatic heterocycles. The molecule has 0 unspecified atom stereocenters. The third kappa shape index (κ3) is 5.59. The molecule has 1 aromatic rings. The summed E-state index contributed by atoms with van der Waals surface area (Å²) in [7, 11) is 0. The van der Waals surface area contributed by atoms with Crippen LogP contribution in [0.4, 0.5) is 0 Å². The molecule has 2 aliphatic rings. The van der Waals surface area contributed by atoms with Crippen molar-refractivity contribution in [2.24, 2.45) is 5.92 Å². The highest BCUT2D eigenvalue weighted by atomic mass is 16.5. The Morgan fingerprint density at radius 2 is 1.97 bits per heavy atom. The Hall–Kier alpha value is -2.41. The van der Waals surface area contributed by atoms with Crippen LogP contribution in [0.2, 0.25) is 0 Å². The second kappa shape index (κ2) is 10.6. The van der Waals surface area contributed by atoms with Crippen molar-refractivity contribution in [2.45, 2.75) is 70.0 Å². The molecule has 1 amide bonds. The van der Waals surface area contributed by atoms with Gasteiger partial charge in [-0.2, -0.15) is 0 Å². The van der Waals surface area contributed by atoms with E-state index < -0.39 is 18.1 Å². The van der Waals surface area contributed by atoms with Crippen LogP contribution < -0.4 is 5.32 Å². The van der Waals surface area contributed by atoms with Gasteiger partial charge in [-0.1, -0.05) is 36.8 Å². The normalized spacial score (nSPS) is 24.8. The maximum atomic E-state index is 13.3. The van der Waals surface area contributed by atoms with Crippen LogP contribution in [0.15, 0.2) is 30.3 Å². The fourth-order valence-corrected chi connectivity index (χ4v) is 4.84. The summed E-state index contributed by atoms with van der Waals surface area (Å²) in [5.41, 5.74) is 1.11. The summed E-state index contributed by atoms with van der Waals surface area (Å²) >= 11 is 0. The van der Waals surface area contributed by atoms with E-state index >= 15 is 0 Å². The number of carboxylic acids is 1. The number of esters is 1. The van der Waals surface area contributed by atoms with E-state index in [1.54, 1.807) is 6.92 Å². The van der Waals surface area contributed by atoms with E-state index in [-0.39, 0.29) is 31.1 Å². The third-order valence-electron chi connectivity index (χ3n) is 6.27. The first-order valence-corrected chi connectivity index (χ1v) is 11.0. The number of hydrogen-bond donors (Lipinski definition) is 2. The summed E-state index contributed by atoms with van der Waals surface area (Å²) in [5, 5.41) is 12.6. The summed E-state index contributed by atoms with van der Waals surface area (Å²) in [6.07, 6.45) is 5.57. The first-order valence-electron chi connectivity index (χ1n) is 11.0. The first kappa shape index (κ1) is 22.3. The number of aryl methyl sites for hydroxylation is 1. The molecule has 164 valence electrons. The maximum Gasteiger partial charge on any atom is 0.323 e. The monoisotopic (exact) mass is 416 g/mol. The lowest BCUT2D eigenvalue weighted by atomic mass is 9.97. The molecule has 1 aliphatic heterocycles. The molecule has 1 heterocycles. The molecule has 1 saturated carbocycles. The molecule has 2 fully saturated rings. The van der Waals surface area contributed by atoms with Crippen molar-refractivity contribution in [3.05, 3.63) is 35.9 Å². The van der Waals surface area contributed by atoms with Crippen molar-refractivity contribution in [3.63, 3.8) is 0 Å². The van der Waals surface area contributed by atoms with Gasteiger partial charge in [0.2, 0.25) is 5.91 Å². The van der Waals surface area contributed by atoms with E-state index in [2.05, 4.69) is 5.32 Å². The molecule has 30 heavy (non-hydrogen) atoms. The van der Waals surface area contributed by atoms with Gasteiger partial charge in [0.15, 0.2) is 0 Å². The molecule has 7 nitrogen and oxygen atoms in total. The van der Waals surface area contributed by atoms with Gasteiger partial charge in [-0.3, -0.25) is 19.7 Å². The summed E-state index contributed by atoms with van der Waals surface area (Å²) in [6.45, 7) is 1.75. The number of fused-ring (bicyclic) bond motifs is 1. The van der Waals surface area contributed by atoms with Gasteiger partial charge in [-0.05, 0) is 56.9 Å². The van der Waals surface area contributed by atoms with Gasteiger partial charge in [0, 0.05) is 6.04 Å². The number of carbonyl (C=O) groups is 3. The van der Waals surface area contributed by atoms with Gasteiger partial charge in [0.25, 0.3) is 0 Å². The topological polar surface area (TPSA) is 95.9 Å². The Kier molecular flexibility index (Phi) is 7.85. The molecule has 4 atom stereocenters. The SMILES string of the molecule is CCOC(=O)[C@H](CCc1ccccc1)N[C@H]1CC[C@@H]2CCC[C@H]2N(CC(=O)O)C1=O. The maximum absolute atomic E-state index is 13.3. The summed E-state index contributed by atoms with van der Waals surface area (Å²) in [6, 6.07) is 8.69. The van der Waals surface area contributed by atoms with Gasteiger partial charge >= 0.3 is 11.9 Å². The average molecular weight is 417 g/mol. The number of carboxylic acid groups (broad SMARTS) is 1. The molecule has 0 bridgehead atoms. The summed E-state index contributed by atoms with van der Waals surface area (Å²) in [4.78, 5) is 38.8. The lowest BCUT2D eigenvalue weighted by Gasteiger charge is -2.31. The number of ether oxygens (including phenoxy) is 1. The molecule has 0 radical (unpaired) electrons. The second-order valence-corrected chi connectivity index (χ2v) is 8.24. The third-order valence-corrected chi connectivity index (χ3v) is 6.27. The number of likely N-dealkylation sites (tertiary alicyclic amines) is 1. The largest absolute Gasteiger partial charge is 0.480 e. The van der Waals surface area contributed by atoms with Gasteiger partial charge in [0.05, 0.1) is 12.6 Å². The minimum Gasteiger partial charge on any atom is -0.480 e. The fourth-order valence-electron chi connectivity index (χ4n) is 4.84. The van der Waals surface area contributed by atoms with Crippen molar-refractivity contribution in [3.8, 4) is 0 Å². The number of rotatable bonds is 9. The number of amides is 1. The number of benzene rings is 1. The number of nitrogens with zero attached hydrogens (tertiary/aromatic N) is 1. The molecule has 3 rings (SSSR count). The average Bonchev–Trinajstić information content (AvgIpc) is 3.16. The van der Waals surface area contributed by atoms with Gasteiger partial charge < -0.3 is 14.7 Å². The van der Waals surface area contributed by atoms with Crippen LogP contribution >= 0.6 is 0 Å². The van der Waals surface area contributed by atoms with Gasteiger partial charge in [-0.25, -0.2) is 0 Å². The zero-order chi connectivity index (χ0) is 21.5. The zero-order valence-electron chi connectivity index (χ0n) is 17.6.